The first-order chi connectivity index (χ1) is 12.8. The van der Waals surface area contributed by atoms with Gasteiger partial charge in [0.1, 0.15) is 16.3 Å². The topological polar surface area (TPSA) is 72.5 Å². The standard InChI is InChI=1S/C20H27F2NO4S/c1-19(2)11-15(20(3,4)27-19)23-18(24)16-13(21)9-10-14(17(16)22)28(25,26)12-7-5-6-8-12/h9-10,12,15H,5-8,11H2,1-4H3,(H,23,24). The van der Waals surface area contributed by atoms with Gasteiger partial charge in [0.25, 0.3) is 5.91 Å². The van der Waals surface area contributed by atoms with E-state index in [1.165, 1.54) is 0 Å². The summed E-state index contributed by atoms with van der Waals surface area (Å²) in [5.74, 6) is -3.38. The van der Waals surface area contributed by atoms with E-state index in [4.69, 9.17) is 4.74 Å². The van der Waals surface area contributed by atoms with Crippen LogP contribution in [-0.2, 0) is 14.6 Å². The maximum Gasteiger partial charge on any atom is 0.257 e. The van der Waals surface area contributed by atoms with E-state index >= 15 is 4.39 Å². The van der Waals surface area contributed by atoms with Crippen molar-refractivity contribution >= 4 is 15.7 Å². The third-order valence-electron chi connectivity index (χ3n) is 5.71. The first-order valence-corrected chi connectivity index (χ1v) is 11.1. The number of amides is 1. The van der Waals surface area contributed by atoms with Gasteiger partial charge in [-0.25, -0.2) is 17.2 Å². The van der Waals surface area contributed by atoms with Crippen LogP contribution in [0.1, 0.15) is 70.2 Å². The molecule has 1 aromatic rings. The molecule has 0 bridgehead atoms. The van der Waals surface area contributed by atoms with Crippen molar-refractivity contribution in [3.63, 3.8) is 0 Å². The zero-order valence-electron chi connectivity index (χ0n) is 16.6. The molecular formula is C20H27F2NO4S. The van der Waals surface area contributed by atoms with E-state index in [1.54, 1.807) is 13.8 Å². The van der Waals surface area contributed by atoms with Crippen molar-refractivity contribution < 1.29 is 26.7 Å². The summed E-state index contributed by atoms with van der Waals surface area (Å²) in [6, 6.07) is 1.30. The predicted molar refractivity (Wildman–Crippen MR) is 101 cm³/mol. The van der Waals surface area contributed by atoms with E-state index in [1.807, 2.05) is 13.8 Å². The highest BCUT2D eigenvalue weighted by Crippen LogP contribution is 2.38. The van der Waals surface area contributed by atoms with E-state index in [-0.39, 0.29) is 0 Å². The molecule has 1 unspecified atom stereocenters. The third kappa shape index (κ3) is 3.81. The van der Waals surface area contributed by atoms with Gasteiger partial charge in [0, 0.05) is 0 Å². The van der Waals surface area contributed by atoms with Crippen molar-refractivity contribution in [3.05, 3.63) is 29.3 Å². The Morgan fingerprint density at radius 1 is 1.14 bits per heavy atom. The number of sulfone groups is 1. The Balaban J connectivity index is 1.93. The average Bonchev–Trinajstić information content (AvgIpc) is 3.13. The molecular weight excluding hydrogens is 388 g/mol. The minimum atomic E-state index is -3.96. The lowest BCUT2D eigenvalue weighted by molar-refractivity contribution is -0.0693. The maximum atomic E-state index is 15.0. The minimum absolute atomic E-state index is 0.448. The maximum absolute atomic E-state index is 15.0. The van der Waals surface area contributed by atoms with Gasteiger partial charge in [-0.3, -0.25) is 4.79 Å². The molecule has 2 aliphatic rings. The van der Waals surface area contributed by atoms with E-state index in [2.05, 4.69) is 5.32 Å². The molecule has 1 atom stereocenters. The number of benzene rings is 1. The fourth-order valence-electron chi connectivity index (χ4n) is 4.36. The van der Waals surface area contributed by atoms with Crippen molar-refractivity contribution in [2.45, 2.75) is 87.2 Å². The van der Waals surface area contributed by atoms with Crippen molar-refractivity contribution in [1.29, 1.82) is 0 Å². The number of carbonyl (C=O) groups excluding carboxylic acids is 1. The van der Waals surface area contributed by atoms with Crippen LogP contribution in [0, 0.1) is 11.6 Å². The van der Waals surface area contributed by atoms with Crippen LogP contribution >= 0.6 is 0 Å². The number of hydrogen-bond donors (Lipinski definition) is 1. The van der Waals surface area contributed by atoms with Gasteiger partial charge in [0.05, 0.1) is 22.5 Å². The van der Waals surface area contributed by atoms with Crippen molar-refractivity contribution in [3.8, 4) is 0 Å². The highest BCUT2D eigenvalue weighted by atomic mass is 32.2. The van der Waals surface area contributed by atoms with E-state index in [9.17, 15) is 17.6 Å². The van der Waals surface area contributed by atoms with Crippen molar-refractivity contribution in [2.75, 3.05) is 0 Å². The second-order valence-electron chi connectivity index (χ2n) is 8.88. The van der Waals surface area contributed by atoms with E-state index in [0.717, 1.165) is 25.0 Å². The van der Waals surface area contributed by atoms with Gasteiger partial charge in [0.15, 0.2) is 15.7 Å². The lowest BCUT2D eigenvalue weighted by Crippen LogP contribution is -2.46. The Morgan fingerprint density at radius 3 is 2.29 bits per heavy atom. The zero-order chi connectivity index (χ0) is 20.9. The van der Waals surface area contributed by atoms with E-state index < -0.39 is 60.3 Å². The number of rotatable bonds is 4. The highest BCUT2D eigenvalue weighted by Gasteiger charge is 2.47. The van der Waals surface area contributed by atoms with Gasteiger partial charge in [-0.1, -0.05) is 12.8 Å². The highest BCUT2D eigenvalue weighted by molar-refractivity contribution is 7.92. The van der Waals surface area contributed by atoms with Crippen molar-refractivity contribution in [2.24, 2.45) is 0 Å². The molecule has 8 heteroatoms. The summed E-state index contributed by atoms with van der Waals surface area (Å²) in [5.41, 5.74) is -2.08. The predicted octanol–water partition coefficient (Wildman–Crippen LogP) is 3.76. The molecule has 0 aromatic heterocycles. The first-order valence-electron chi connectivity index (χ1n) is 9.58. The summed E-state index contributed by atoms with van der Waals surface area (Å²) in [5, 5.41) is 1.94. The van der Waals surface area contributed by atoms with Gasteiger partial charge in [-0.2, -0.15) is 0 Å². The van der Waals surface area contributed by atoms with Gasteiger partial charge >= 0.3 is 0 Å². The molecule has 1 amide bonds. The second kappa shape index (κ2) is 7.06. The Bertz CT molecular complexity index is 890. The SMILES string of the molecule is CC1(C)CC(NC(=O)c2c(F)ccc(S(=O)(=O)C3CCCC3)c2F)C(C)(C)O1. The molecule has 2 fully saturated rings. The van der Waals surface area contributed by atoms with Crippen LogP contribution in [0.4, 0.5) is 8.78 Å². The molecule has 1 saturated heterocycles. The summed E-state index contributed by atoms with van der Waals surface area (Å²) in [6.07, 6.45) is 2.88. The van der Waals surface area contributed by atoms with Gasteiger partial charge in [-0.05, 0) is 59.1 Å². The Morgan fingerprint density at radius 2 is 1.75 bits per heavy atom. The van der Waals surface area contributed by atoms with Crippen LogP contribution in [0.5, 0.6) is 0 Å². The lowest BCUT2D eigenvalue weighted by atomic mass is 9.94. The molecule has 0 radical (unpaired) electrons. The third-order valence-corrected chi connectivity index (χ3v) is 7.99. The van der Waals surface area contributed by atoms with Crippen LogP contribution in [-0.4, -0.2) is 36.8 Å². The fraction of sp³-hybridized carbons (Fsp3) is 0.650. The summed E-state index contributed by atoms with van der Waals surface area (Å²) in [4.78, 5) is 12.1. The fourth-order valence-corrected chi connectivity index (χ4v) is 6.28. The summed E-state index contributed by atoms with van der Waals surface area (Å²) in [6.45, 7) is 7.33. The first kappa shape index (κ1) is 21.2. The molecule has 0 spiro atoms. The quantitative estimate of drug-likeness (QED) is 0.760. The molecule has 1 aromatic carbocycles. The zero-order valence-corrected chi connectivity index (χ0v) is 17.5. The Kier molecular flexibility index (Phi) is 5.34. The number of nitrogens with one attached hydrogen (secondary N) is 1. The normalized spacial score (nSPS) is 24.4. The van der Waals surface area contributed by atoms with Crippen LogP contribution in [0.15, 0.2) is 17.0 Å². The molecule has 5 nitrogen and oxygen atoms in total. The van der Waals surface area contributed by atoms with Crippen LogP contribution in [0.3, 0.4) is 0 Å². The van der Waals surface area contributed by atoms with Gasteiger partial charge in [-0.15, -0.1) is 0 Å². The number of carbonyl (C=O) groups is 1. The molecule has 1 N–H and O–H groups in total. The summed E-state index contributed by atoms with van der Waals surface area (Å²) >= 11 is 0. The Labute approximate surface area is 164 Å². The van der Waals surface area contributed by atoms with Gasteiger partial charge < -0.3 is 10.1 Å². The van der Waals surface area contributed by atoms with Crippen LogP contribution in [0.2, 0.25) is 0 Å². The lowest BCUT2D eigenvalue weighted by Gasteiger charge is -2.27. The molecule has 1 aliphatic heterocycles. The number of ether oxygens (including phenoxy) is 1. The average molecular weight is 416 g/mol. The summed E-state index contributed by atoms with van der Waals surface area (Å²) < 4.78 is 60.8. The smallest absolute Gasteiger partial charge is 0.257 e. The molecule has 156 valence electrons. The summed E-state index contributed by atoms with van der Waals surface area (Å²) in [7, 11) is -3.96. The number of halogens is 2. The minimum Gasteiger partial charge on any atom is -0.367 e. The molecule has 3 rings (SSSR count). The molecule has 28 heavy (non-hydrogen) atoms. The van der Waals surface area contributed by atoms with Crippen LogP contribution < -0.4 is 5.32 Å². The Hall–Kier alpha value is -1.54. The second-order valence-corrected chi connectivity index (χ2v) is 11.1. The molecule has 1 heterocycles. The van der Waals surface area contributed by atoms with Crippen molar-refractivity contribution in [1.82, 2.24) is 5.32 Å². The molecule has 1 saturated carbocycles. The van der Waals surface area contributed by atoms with E-state index in [0.29, 0.717) is 19.3 Å². The largest absolute Gasteiger partial charge is 0.367 e. The number of hydrogen-bond acceptors (Lipinski definition) is 4. The van der Waals surface area contributed by atoms with Gasteiger partial charge in [0.2, 0.25) is 0 Å². The van der Waals surface area contributed by atoms with Crippen LogP contribution in [0.25, 0.3) is 0 Å². The monoisotopic (exact) mass is 415 g/mol. The molecule has 1 aliphatic carbocycles.